The van der Waals surface area contributed by atoms with Gasteiger partial charge in [-0.1, -0.05) is 50.0 Å². The number of benzene rings is 1. The van der Waals surface area contributed by atoms with Gasteiger partial charge in [-0.05, 0) is 67.2 Å². The molecule has 0 aliphatic heterocycles. The van der Waals surface area contributed by atoms with Gasteiger partial charge in [-0.25, -0.2) is 0 Å². The first-order chi connectivity index (χ1) is 9.90. The average molecular weight is 352 g/mol. The van der Waals surface area contributed by atoms with Crippen molar-refractivity contribution in [3.05, 3.63) is 28.2 Å². The van der Waals surface area contributed by atoms with Crippen molar-refractivity contribution in [3.8, 4) is 0 Å². The molecule has 2 unspecified atom stereocenters. The molecule has 1 aromatic rings. The zero-order valence-corrected chi connectivity index (χ0v) is 15.6. The molecule has 0 amide bonds. The second-order valence-corrected chi connectivity index (χ2v) is 8.48. The van der Waals surface area contributed by atoms with Crippen molar-refractivity contribution in [1.29, 1.82) is 0 Å². The lowest BCUT2D eigenvalue weighted by Gasteiger charge is -2.29. The third kappa shape index (κ3) is 4.74. The second kappa shape index (κ2) is 7.17. The lowest BCUT2D eigenvalue weighted by atomic mass is 9.76. The maximum atomic E-state index is 3.82. The first kappa shape index (κ1) is 16.9. The fraction of sp³-hybridized carbons (Fsp3) is 0.684. The molecule has 1 saturated carbocycles. The van der Waals surface area contributed by atoms with Crippen LogP contribution in [0.1, 0.15) is 65.4 Å². The Bertz CT molecular complexity index is 461. The van der Waals surface area contributed by atoms with Crippen LogP contribution in [-0.2, 0) is 6.42 Å². The van der Waals surface area contributed by atoms with Crippen molar-refractivity contribution < 1.29 is 0 Å². The topological polar surface area (TPSA) is 12.0 Å². The molecule has 118 valence electrons. The van der Waals surface area contributed by atoms with Crippen molar-refractivity contribution in [3.63, 3.8) is 0 Å². The molecule has 1 aliphatic rings. The Morgan fingerprint density at radius 1 is 1.14 bits per heavy atom. The third-order valence-electron chi connectivity index (χ3n) is 5.00. The van der Waals surface area contributed by atoms with Gasteiger partial charge in [-0.3, -0.25) is 0 Å². The van der Waals surface area contributed by atoms with Gasteiger partial charge in [0.25, 0.3) is 0 Å². The van der Waals surface area contributed by atoms with E-state index in [9.17, 15) is 0 Å². The number of anilines is 1. The maximum Gasteiger partial charge on any atom is 0.0375 e. The number of hydrogen-bond acceptors (Lipinski definition) is 1. The SMILES string of the molecule is CCc1cc(Br)ccc1NC1CCCC(C(C)(C)C)CC1. The molecule has 1 N–H and O–H groups in total. The van der Waals surface area contributed by atoms with Crippen LogP contribution >= 0.6 is 15.9 Å². The van der Waals surface area contributed by atoms with Gasteiger partial charge in [0.15, 0.2) is 0 Å². The van der Waals surface area contributed by atoms with E-state index in [1.54, 1.807) is 0 Å². The van der Waals surface area contributed by atoms with Gasteiger partial charge in [-0.2, -0.15) is 0 Å². The Morgan fingerprint density at radius 3 is 2.57 bits per heavy atom. The molecule has 2 atom stereocenters. The van der Waals surface area contributed by atoms with Crippen LogP contribution in [0.2, 0.25) is 0 Å². The van der Waals surface area contributed by atoms with Gasteiger partial charge in [0.2, 0.25) is 0 Å². The quantitative estimate of drug-likeness (QED) is 0.619. The molecule has 2 heteroatoms. The molecule has 1 aromatic carbocycles. The zero-order valence-electron chi connectivity index (χ0n) is 14.0. The van der Waals surface area contributed by atoms with E-state index in [4.69, 9.17) is 0 Å². The second-order valence-electron chi connectivity index (χ2n) is 7.57. The van der Waals surface area contributed by atoms with Crippen LogP contribution in [0.3, 0.4) is 0 Å². The van der Waals surface area contributed by atoms with Gasteiger partial charge < -0.3 is 5.32 Å². The van der Waals surface area contributed by atoms with E-state index >= 15 is 0 Å². The Balaban J connectivity index is 2.01. The summed E-state index contributed by atoms with van der Waals surface area (Å²) in [5, 5.41) is 3.82. The number of aryl methyl sites for hydroxylation is 1. The van der Waals surface area contributed by atoms with Gasteiger partial charge in [0, 0.05) is 16.2 Å². The van der Waals surface area contributed by atoms with E-state index in [0.717, 1.165) is 12.3 Å². The summed E-state index contributed by atoms with van der Waals surface area (Å²) < 4.78 is 1.18. The van der Waals surface area contributed by atoms with Crippen LogP contribution in [0.4, 0.5) is 5.69 Å². The molecule has 0 heterocycles. The van der Waals surface area contributed by atoms with E-state index in [1.807, 2.05) is 0 Å². The smallest absolute Gasteiger partial charge is 0.0375 e. The number of hydrogen-bond donors (Lipinski definition) is 1. The summed E-state index contributed by atoms with van der Waals surface area (Å²) in [5.41, 5.74) is 3.21. The highest BCUT2D eigenvalue weighted by atomic mass is 79.9. The van der Waals surface area contributed by atoms with Crippen molar-refractivity contribution in [2.45, 2.75) is 72.3 Å². The van der Waals surface area contributed by atoms with Crippen LogP contribution in [0.5, 0.6) is 0 Å². The monoisotopic (exact) mass is 351 g/mol. The molecule has 0 saturated heterocycles. The predicted octanol–water partition coefficient (Wildman–Crippen LogP) is 6.42. The van der Waals surface area contributed by atoms with E-state index in [0.29, 0.717) is 11.5 Å². The third-order valence-corrected chi connectivity index (χ3v) is 5.49. The lowest BCUT2D eigenvalue weighted by molar-refractivity contribution is 0.214. The van der Waals surface area contributed by atoms with Crippen molar-refractivity contribution in [2.75, 3.05) is 5.32 Å². The fourth-order valence-corrected chi connectivity index (χ4v) is 3.94. The minimum absolute atomic E-state index is 0.459. The molecule has 0 aromatic heterocycles. The molecule has 0 bridgehead atoms. The molecule has 21 heavy (non-hydrogen) atoms. The molecular weight excluding hydrogens is 322 g/mol. The Morgan fingerprint density at radius 2 is 1.90 bits per heavy atom. The van der Waals surface area contributed by atoms with Crippen molar-refractivity contribution in [2.24, 2.45) is 11.3 Å². The molecule has 1 fully saturated rings. The first-order valence-electron chi connectivity index (χ1n) is 8.45. The van der Waals surface area contributed by atoms with Gasteiger partial charge in [0.05, 0.1) is 0 Å². The Kier molecular flexibility index (Phi) is 5.76. The van der Waals surface area contributed by atoms with E-state index in [1.165, 1.54) is 47.8 Å². The summed E-state index contributed by atoms with van der Waals surface area (Å²) in [6.07, 6.45) is 7.81. The first-order valence-corrected chi connectivity index (χ1v) is 9.24. The average Bonchev–Trinajstić information content (AvgIpc) is 2.66. The van der Waals surface area contributed by atoms with Gasteiger partial charge in [0.1, 0.15) is 0 Å². The van der Waals surface area contributed by atoms with Crippen molar-refractivity contribution >= 4 is 21.6 Å². The summed E-state index contributed by atoms with van der Waals surface area (Å²) in [4.78, 5) is 0. The highest BCUT2D eigenvalue weighted by Gasteiger charge is 2.27. The van der Waals surface area contributed by atoms with Crippen LogP contribution in [-0.4, -0.2) is 6.04 Å². The molecule has 1 aliphatic carbocycles. The molecule has 0 radical (unpaired) electrons. The normalized spacial score (nSPS) is 23.7. The lowest BCUT2D eigenvalue weighted by Crippen LogP contribution is -2.22. The zero-order chi connectivity index (χ0) is 15.5. The molecule has 1 nitrogen and oxygen atoms in total. The van der Waals surface area contributed by atoms with Gasteiger partial charge >= 0.3 is 0 Å². The van der Waals surface area contributed by atoms with Crippen LogP contribution in [0, 0.1) is 11.3 Å². The van der Waals surface area contributed by atoms with Gasteiger partial charge in [-0.15, -0.1) is 0 Å². The summed E-state index contributed by atoms with van der Waals surface area (Å²) in [6.45, 7) is 9.43. The van der Waals surface area contributed by atoms with Crippen LogP contribution < -0.4 is 5.32 Å². The molecular formula is C19H30BrN. The summed E-state index contributed by atoms with van der Waals surface area (Å²) in [7, 11) is 0. The highest BCUT2D eigenvalue weighted by molar-refractivity contribution is 9.10. The summed E-state index contributed by atoms with van der Waals surface area (Å²) in [5.74, 6) is 0.875. The Hall–Kier alpha value is -0.500. The standard InChI is InChI=1S/C19H30BrN/c1-5-14-13-16(20)10-12-18(14)21-17-8-6-7-15(9-11-17)19(2,3)4/h10,12-13,15,17,21H,5-9,11H2,1-4H3. The van der Waals surface area contributed by atoms with Crippen LogP contribution in [0.25, 0.3) is 0 Å². The number of nitrogens with one attached hydrogen (secondary N) is 1. The number of halogens is 1. The fourth-order valence-electron chi connectivity index (χ4n) is 3.53. The van der Waals surface area contributed by atoms with E-state index < -0.39 is 0 Å². The molecule has 2 rings (SSSR count). The number of rotatable bonds is 3. The van der Waals surface area contributed by atoms with Crippen LogP contribution in [0.15, 0.2) is 22.7 Å². The highest BCUT2D eigenvalue weighted by Crippen LogP contribution is 2.37. The molecule has 0 spiro atoms. The van der Waals surface area contributed by atoms with E-state index in [2.05, 4.69) is 67.1 Å². The maximum absolute atomic E-state index is 3.82. The summed E-state index contributed by atoms with van der Waals surface area (Å²) in [6, 6.07) is 7.27. The van der Waals surface area contributed by atoms with Crippen molar-refractivity contribution in [1.82, 2.24) is 0 Å². The minimum Gasteiger partial charge on any atom is -0.382 e. The van der Waals surface area contributed by atoms with E-state index in [-0.39, 0.29) is 0 Å². The predicted molar refractivity (Wildman–Crippen MR) is 97.0 cm³/mol. The largest absolute Gasteiger partial charge is 0.382 e. The Labute approximate surface area is 139 Å². The minimum atomic E-state index is 0.459. The summed E-state index contributed by atoms with van der Waals surface area (Å²) >= 11 is 3.58.